The van der Waals surface area contributed by atoms with E-state index in [9.17, 15) is 9.59 Å². The first-order valence-electron chi connectivity index (χ1n) is 9.98. The van der Waals surface area contributed by atoms with Crippen LogP contribution in [0.4, 0.5) is 0 Å². The van der Waals surface area contributed by atoms with Gasteiger partial charge in [0.2, 0.25) is 11.8 Å². The Hall–Kier alpha value is -2.70. The largest absolute Gasteiger partial charge is 0.341 e. The summed E-state index contributed by atoms with van der Waals surface area (Å²) in [5.41, 5.74) is 0.214. The number of aromatic nitrogens is 2. The highest BCUT2D eigenvalue weighted by Crippen LogP contribution is 2.45. The van der Waals surface area contributed by atoms with Crippen molar-refractivity contribution in [2.45, 2.75) is 31.6 Å². The lowest BCUT2D eigenvalue weighted by Crippen LogP contribution is -2.41. The molecular formula is C21H24N4O3. The molecule has 2 atom stereocenters. The van der Waals surface area contributed by atoms with Gasteiger partial charge in [0.1, 0.15) is 0 Å². The Kier molecular flexibility index (Phi) is 4.00. The van der Waals surface area contributed by atoms with Crippen molar-refractivity contribution in [2.24, 2.45) is 11.8 Å². The number of carbonyl (C=O) groups excluding carboxylic acids is 2. The zero-order chi connectivity index (χ0) is 19.3. The quantitative estimate of drug-likeness (QED) is 0.811. The van der Waals surface area contributed by atoms with E-state index in [-0.39, 0.29) is 17.7 Å². The first-order chi connectivity index (χ1) is 13.5. The molecule has 1 saturated carbocycles. The second-order valence-corrected chi connectivity index (χ2v) is 8.47. The molecule has 2 aromatic rings. The first kappa shape index (κ1) is 17.4. The van der Waals surface area contributed by atoms with Crippen LogP contribution in [-0.4, -0.2) is 57.9 Å². The van der Waals surface area contributed by atoms with Gasteiger partial charge in [-0.25, -0.2) is 0 Å². The third kappa shape index (κ3) is 2.89. The van der Waals surface area contributed by atoms with Crippen molar-refractivity contribution >= 4 is 11.8 Å². The van der Waals surface area contributed by atoms with Gasteiger partial charge in [-0.1, -0.05) is 23.4 Å². The van der Waals surface area contributed by atoms with Gasteiger partial charge < -0.3 is 14.3 Å². The summed E-state index contributed by atoms with van der Waals surface area (Å²) in [7, 11) is 0. The fourth-order valence-corrected chi connectivity index (χ4v) is 4.67. The fraction of sp³-hybridized carbons (Fsp3) is 0.524. The fourth-order valence-electron chi connectivity index (χ4n) is 4.67. The molecule has 3 heterocycles. The Labute approximate surface area is 163 Å². The molecule has 2 saturated heterocycles. The number of aryl methyl sites for hydroxylation is 1. The molecule has 1 aromatic heterocycles. The topological polar surface area (TPSA) is 79.5 Å². The molecule has 3 aliphatic rings. The van der Waals surface area contributed by atoms with Crippen LogP contribution in [0, 0.1) is 18.8 Å². The van der Waals surface area contributed by atoms with E-state index in [1.165, 1.54) is 0 Å². The Bertz CT molecular complexity index is 907. The Morgan fingerprint density at radius 1 is 1.14 bits per heavy atom. The molecule has 1 aliphatic carbocycles. The maximum absolute atomic E-state index is 13.0. The third-order valence-electron chi connectivity index (χ3n) is 6.38. The van der Waals surface area contributed by atoms with Crippen molar-refractivity contribution in [3.8, 4) is 0 Å². The summed E-state index contributed by atoms with van der Waals surface area (Å²) in [4.78, 5) is 34.1. The number of nitrogens with zero attached hydrogens (tertiary/aromatic N) is 4. The molecule has 5 rings (SSSR count). The van der Waals surface area contributed by atoms with Crippen molar-refractivity contribution in [1.82, 2.24) is 19.9 Å². The van der Waals surface area contributed by atoms with Gasteiger partial charge in [-0.2, -0.15) is 4.98 Å². The summed E-state index contributed by atoms with van der Waals surface area (Å²) in [5, 5.41) is 3.98. The molecule has 2 aliphatic heterocycles. The minimum absolute atomic E-state index is 0.0152. The average Bonchev–Trinajstić information content (AvgIpc) is 3.11. The summed E-state index contributed by atoms with van der Waals surface area (Å²) in [6.07, 6.45) is 2.96. The van der Waals surface area contributed by atoms with E-state index in [4.69, 9.17) is 4.52 Å². The molecule has 0 spiro atoms. The molecule has 0 bridgehead atoms. The Morgan fingerprint density at radius 3 is 2.54 bits per heavy atom. The van der Waals surface area contributed by atoms with Crippen molar-refractivity contribution in [3.63, 3.8) is 0 Å². The van der Waals surface area contributed by atoms with Crippen LogP contribution < -0.4 is 0 Å². The number of hydrogen-bond donors (Lipinski definition) is 0. The van der Waals surface area contributed by atoms with Gasteiger partial charge in [0.15, 0.2) is 5.82 Å². The van der Waals surface area contributed by atoms with E-state index in [2.05, 4.69) is 10.1 Å². The molecule has 7 heteroatoms. The van der Waals surface area contributed by atoms with Crippen LogP contribution in [-0.2, 0) is 10.2 Å². The van der Waals surface area contributed by atoms with Crippen molar-refractivity contribution < 1.29 is 14.1 Å². The molecule has 146 valence electrons. The number of hydrogen-bond acceptors (Lipinski definition) is 5. The lowest BCUT2D eigenvalue weighted by molar-refractivity contribution is -0.131. The van der Waals surface area contributed by atoms with Crippen LogP contribution in [0.25, 0.3) is 0 Å². The minimum atomic E-state index is -0.467. The molecule has 2 amide bonds. The van der Waals surface area contributed by atoms with E-state index in [1.54, 1.807) is 6.92 Å². The van der Waals surface area contributed by atoms with E-state index in [0.717, 1.165) is 12.8 Å². The van der Waals surface area contributed by atoms with Crippen LogP contribution in [0.2, 0.25) is 0 Å². The molecule has 0 radical (unpaired) electrons. The zero-order valence-electron chi connectivity index (χ0n) is 16.0. The van der Waals surface area contributed by atoms with Crippen LogP contribution >= 0.6 is 0 Å². The summed E-state index contributed by atoms with van der Waals surface area (Å²) >= 11 is 0. The molecule has 7 nitrogen and oxygen atoms in total. The smallest absolute Gasteiger partial charge is 0.253 e. The molecule has 1 aromatic carbocycles. The van der Waals surface area contributed by atoms with E-state index >= 15 is 0 Å². The Morgan fingerprint density at radius 2 is 1.86 bits per heavy atom. The van der Waals surface area contributed by atoms with Crippen LogP contribution in [0.15, 0.2) is 34.9 Å². The maximum atomic E-state index is 13.0. The van der Waals surface area contributed by atoms with Crippen molar-refractivity contribution in [2.75, 3.05) is 26.2 Å². The monoisotopic (exact) mass is 380 g/mol. The Balaban J connectivity index is 1.41. The van der Waals surface area contributed by atoms with E-state index < -0.39 is 5.41 Å². The predicted molar refractivity (Wildman–Crippen MR) is 100 cm³/mol. The highest BCUT2D eigenvalue weighted by molar-refractivity contribution is 5.94. The second-order valence-electron chi connectivity index (χ2n) is 8.47. The zero-order valence-corrected chi connectivity index (χ0v) is 16.0. The van der Waals surface area contributed by atoms with Crippen LogP contribution in [0.1, 0.15) is 41.3 Å². The number of likely N-dealkylation sites (tertiary alicyclic amines) is 2. The number of carbonyl (C=O) groups is 2. The average molecular weight is 380 g/mol. The predicted octanol–water partition coefficient (Wildman–Crippen LogP) is 2.03. The van der Waals surface area contributed by atoms with Crippen molar-refractivity contribution in [3.05, 3.63) is 47.6 Å². The van der Waals surface area contributed by atoms with Gasteiger partial charge in [0, 0.05) is 44.1 Å². The molecule has 0 N–H and O–H groups in total. The van der Waals surface area contributed by atoms with Crippen LogP contribution in [0.3, 0.4) is 0 Å². The van der Waals surface area contributed by atoms with E-state index in [0.29, 0.717) is 55.8 Å². The highest BCUT2D eigenvalue weighted by atomic mass is 16.5. The molecular weight excluding hydrogens is 356 g/mol. The van der Waals surface area contributed by atoms with Gasteiger partial charge in [-0.15, -0.1) is 0 Å². The first-order valence-corrected chi connectivity index (χ1v) is 9.98. The van der Waals surface area contributed by atoms with Crippen LogP contribution in [0.5, 0.6) is 0 Å². The number of fused-ring (bicyclic) bond motifs is 1. The highest BCUT2D eigenvalue weighted by Gasteiger charge is 2.58. The van der Waals surface area contributed by atoms with Gasteiger partial charge in [0.05, 0.1) is 5.41 Å². The third-order valence-corrected chi connectivity index (χ3v) is 6.38. The van der Waals surface area contributed by atoms with Gasteiger partial charge in [-0.3, -0.25) is 9.59 Å². The SMILES string of the molecule is Cc1noc([C@]23CN(C(=O)CC4CC4)C[C@H]2CN(C(=O)c2ccccc2)C3)n1. The van der Waals surface area contributed by atoms with E-state index in [1.807, 2.05) is 40.1 Å². The lowest BCUT2D eigenvalue weighted by Gasteiger charge is -2.26. The summed E-state index contributed by atoms with van der Waals surface area (Å²) < 4.78 is 5.57. The number of benzene rings is 1. The second kappa shape index (κ2) is 6.43. The van der Waals surface area contributed by atoms with Gasteiger partial charge in [-0.05, 0) is 37.8 Å². The summed E-state index contributed by atoms with van der Waals surface area (Å²) in [6, 6.07) is 9.33. The molecule has 28 heavy (non-hydrogen) atoms. The van der Waals surface area contributed by atoms with Gasteiger partial charge >= 0.3 is 0 Å². The summed E-state index contributed by atoms with van der Waals surface area (Å²) in [6.45, 7) is 4.09. The maximum Gasteiger partial charge on any atom is 0.253 e. The standard InChI is InChI=1S/C21H24N4O3/c1-14-22-20(28-23-14)21-12-24(18(26)9-15-7-8-15)10-17(21)11-25(13-21)19(27)16-5-3-2-4-6-16/h2-6,15,17H,7-13H2,1H3/t17-,21-/m0/s1. The van der Waals surface area contributed by atoms with Crippen molar-refractivity contribution in [1.29, 1.82) is 0 Å². The minimum Gasteiger partial charge on any atom is -0.341 e. The number of rotatable bonds is 4. The molecule has 3 fully saturated rings. The number of amides is 2. The lowest BCUT2D eigenvalue weighted by atomic mass is 9.81. The van der Waals surface area contributed by atoms with Gasteiger partial charge in [0.25, 0.3) is 5.91 Å². The molecule has 0 unspecified atom stereocenters. The summed E-state index contributed by atoms with van der Waals surface area (Å²) in [5.74, 6) is 2.04. The normalized spacial score (nSPS) is 26.5.